The van der Waals surface area contributed by atoms with E-state index < -0.39 is 17.7 Å². The highest BCUT2D eigenvalue weighted by atomic mass is 16.5. The molecule has 1 aliphatic heterocycles. The minimum absolute atomic E-state index is 0.00375. The van der Waals surface area contributed by atoms with Crippen LogP contribution in [0.3, 0.4) is 0 Å². The van der Waals surface area contributed by atoms with Crippen molar-refractivity contribution in [1.82, 2.24) is 0 Å². The number of Topliss-reactive ketones (excluding diaryl/α,β-unsaturated/α-hetero) is 1. The number of aliphatic hydroxyl groups excluding tert-OH is 1. The van der Waals surface area contributed by atoms with Gasteiger partial charge in [0.1, 0.15) is 17.3 Å². The van der Waals surface area contributed by atoms with Gasteiger partial charge in [0.2, 0.25) is 0 Å². The molecule has 0 bridgehead atoms. The largest absolute Gasteiger partial charge is 0.507 e. The van der Waals surface area contributed by atoms with Crippen LogP contribution in [0.25, 0.3) is 5.76 Å². The Morgan fingerprint density at radius 2 is 1.53 bits per heavy atom. The molecule has 1 fully saturated rings. The van der Waals surface area contributed by atoms with Crippen molar-refractivity contribution in [2.75, 3.05) is 30.5 Å². The minimum Gasteiger partial charge on any atom is -0.507 e. The van der Waals surface area contributed by atoms with Crippen LogP contribution < -0.4 is 19.3 Å². The van der Waals surface area contributed by atoms with Crippen molar-refractivity contribution < 1.29 is 24.2 Å². The number of rotatable bonds is 9. The molecule has 3 aromatic rings. The van der Waals surface area contributed by atoms with Gasteiger partial charge in [-0.25, -0.2) is 0 Å². The molecule has 0 aliphatic carbocycles. The van der Waals surface area contributed by atoms with Gasteiger partial charge >= 0.3 is 0 Å². The second kappa shape index (κ2) is 11.4. The molecule has 1 atom stereocenters. The zero-order valence-electron chi connectivity index (χ0n) is 22.5. The average Bonchev–Trinajstić information content (AvgIpc) is 3.17. The first-order valence-corrected chi connectivity index (χ1v) is 12.8. The number of amides is 1. The molecule has 1 saturated heterocycles. The van der Waals surface area contributed by atoms with Crippen LogP contribution in [0.5, 0.6) is 11.5 Å². The molecule has 1 unspecified atom stereocenters. The lowest BCUT2D eigenvalue weighted by molar-refractivity contribution is -0.132. The van der Waals surface area contributed by atoms with Gasteiger partial charge < -0.3 is 19.5 Å². The lowest BCUT2D eigenvalue weighted by Gasteiger charge is -2.26. The fourth-order valence-corrected chi connectivity index (χ4v) is 4.41. The second-order valence-electron chi connectivity index (χ2n) is 9.69. The molecule has 0 saturated carbocycles. The van der Waals surface area contributed by atoms with E-state index in [2.05, 4.69) is 0 Å². The van der Waals surface area contributed by atoms with Crippen LogP contribution in [0.2, 0.25) is 0 Å². The molecule has 1 N–H and O–H groups in total. The number of ether oxygens (including phenoxy) is 2. The lowest BCUT2D eigenvalue weighted by atomic mass is 9.95. The van der Waals surface area contributed by atoms with Gasteiger partial charge in [0.05, 0.1) is 24.3 Å². The third-order valence-electron chi connectivity index (χ3n) is 6.26. The number of anilines is 2. The maximum atomic E-state index is 13.4. The number of nitrogens with zero attached hydrogens (tertiary/aromatic N) is 2. The van der Waals surface area contributed by atoms with E-state index in [4.69, 9.17) is 9.47 Å². The second-order valence-corrected chi connectivity index (χ2v) is 9.69. The Labute approximate surface area is 223 Å². The van der Waals surface area contributed by atoms with Crippen molar-refractivity contribution in [1.29, 1.82) is 0 Å². The standard InChI is InChI=1S/C31H34N2O5/c1-6-19-37-25-15-9-22(10-16-25)29(34)27-28(21-7-11-23(12-8-21)32(4)5)33(31(36)30(27)35)24-13-17-26(18-14-24)38-20(2)3/h7-18,20,28,34H,6,19H2,1-5H3/b29-27-. The van der Waals surface area contributed by atoms with Gasteiger partial charge in [0, 0.05) is 31.0 Å². The van der Waals surface area contributed by atoms with E-state index in [1.807, 2.05) is 64.0 Å². The first-order chi connectivity index (χ1) is 18.2. The van der Waals surface area contributed by atoms with Crippen molar-refractivity contribution >= 4 is 28.8 Å². The van der Waals surface area contributed by atoms with Crippen molar-refractivity contribution in [3.8, 4) is 11.5 Å². The van der Waals surface area contributed by atoms with Crippen LogP contribution in [0.15, 0.2) is 78.4 Å². The van der Waals surface area contributed by atoms with Crippen molar-refractivity contribution in [2.45, 2.75) is 39.3 Å². The zero-order chi connectivity index (χ0) is 27.4. The summed E-state index contributed by atoms with van der Waals surface area (Å²) in [6.07, 6.45) is 0.881. The molecule has 7 heteroatoms. The van der Waals surface area contributed by atoms with Crippen LogP contribution in [-0.2, 0) is 9.59 Å². The Kier molecular flexibility index (Phi) is 8.05. The van der Waals surface area contributed by atoms with Gasteiger partial charge in [-0.15, -0.1) is 0 Å². The van der Waals surface area contributed by atoms with E-state index in [1.165, 1.54) is 4.90 Å². The molecule has 0 aromatic heterocycles. The van der Waals surface area contributed by atoms with E-state index >= 15 is 0 Å². The van der Waals surface area contributed by atoms with Gasteiger partial charge in [-0.3, -0.25) is 14.5 Å². The SMILES string of the molecule is CCCOc1ccc(/C(O)=C2/C(=O)C(=O)N(c3ccc(OC(C)C)cc3)C2c2ccc(N(C)C)cc2)cc1. The van der Waals surface area contributed by atoms with Gasteiger partial charge in [-0.05, 0) is 86.5 Å². The molecule has 1 amide bonds. The third-order valence-corrected chi connectivity index (χ3v) is 6.26. The summed E-state index contributed by atoms with van der Waals surface area (Å²) in [4.78, 5) is 30.2. The summed E-state index contributed by atoms with van der Waals surface area (Å²) < 4.78 is 11.4. The monoisotopic (exact) mass is 514 g/mol. The van der Waals surface area contributed by atoms with Crippen molar-refractivity contribution in [2.24, 2.45) is 0 Å². The van der Waals surface area contributed by atoms with Gasteiger partial charge in [-0.2, -0.15) is 0 Å². The van der Waals surface area contributed by atoms with E-state index in [-0.39, 0.29) is 17.4 Å². The average molecular weight is 515 g/mol. The summed E-state index contributed by atoms with van der Waals surface area (Å²) in [5.41, 5.74) is 2.69. The highest BCUT2D eigenvalue weighted by Crippen LogP contribution is 2.43. The molecule has 0 spiro atoms. The smallest absolute Gasteiger partial charge is 0.300 e. The lowest BCUT2D eigenvalue weighted by Crippen LogP contribution is -2.29. The summed E-state index contributed by atoms with van der Waals surface area (Å²) in [7, 11) is 3.88. The third kappa shape index (κ3) is 5.52. The summed E-state index contributed by atoms with van der Waals surface area (Å²) >= 11 is 0. The summed E-state index contributed by atoms with van der Waals surface area (Å²) in [5.74, 6) is -0.331. The predicted octanol–water partition coefficient (Wildman–Crippen LogP) is 5.95. The topological polar surface area (TPSA) is 79.3 Å². The number of hydrogen-bond donors (Lipinski definition) is 1. The molecule has 3 aromatic carbocycles. The Morgan fingerprint density at radius 1 is 0.921 bits per heavy atom. The van der Waals surface area contributed by atoms with Crippen LogP contribution in [-0.4, -0.2) is 43.6 Å². The fraction of sp³-hybridized carbons (Fsp3) is 0.290. The van der Waals surface area contributed by atoms with E-state index in [0.29, 0.717) is 34.9 Å². The van der Waals surface area contributed by atoms with Gasteiger partial charge in [-0.1, -0.05) is 19.1 Å². The first kappa shape index (κ1) is 26.8. The van der Waals surface area contributed by atoms with Gasteiger partial charge in [0.25, 0.3) is 11.7 Å². The number of carbonyl (C=O) groups excluding carboxylic acids is 2. The Hall–Kier alpha value is -4.26. The fourth-order valence-electron chi connectivity index (χ4n) is 4.41. The Bertz CT molecular complexity index is 1310. The number of ketones is 1. The van der Waals surface area contributed by atoms with Crippen LogP contribution in [0, 0.1) is 0 Å². The number of hydrogen-bond acceptors (Lipinski definition) is 6. The summed E-state index contributed by atoms with van der Waals surface area (Å²) in [5, 5.41) is 11.4. The molecule has 1 aliphatic rings. The van der Waals surface area contributed by atoms with Crippen molar-refractivity contribution in [3.63, 3.8) is 0 Å². The van der Waals surface area contributed by atoms with E-state index in [9.17, 15) is 14.7 Å². The molecule has 1 heterocycles. The highest BCUT2D eigenvalue weighted by molar-refractivity contribution is 6.51. The minimum atomic E-state index is -0.806. The number of aliphatic hydroxyl groups is 1. The molecule has 7 nitrogen and oxygen atoms in total. The van der Waals surface area contributed by atoms with Crippen LogP contribution in [0.1, 0.15) is 44.4 Å². The molecule has 0 radical (unpaired) electrons. The molecule has 4 rings (SSSR count). The van der Waals surface area contributed by atoms with Crippen molar-refractivity contribution in [3.05, 3.63) is 89.5 Å². The summed E-state index contributed by atoms with van der Waals surface area (Å²) in [6, 6.07) is 20.7. The van der Waals surface area contributed by atoms with Crippen LogP contribution in [0.4, 0.5) is 11.4 Å². The first-order valence-electron chi connectivity index (χ1n) is 12.8. The van der Waals surface area contributed by atoms with E-state index in [0.717, 1.165) is 12.1 Å². The quantitative estimate of drug-likeness (QED) is 0.216. The molecule has 198 valence electrons. The van der Waals surface area contributed by atoms with E-state index in [1.54, 1.807) is 48.5 Å². The predicted molar refractivity (Wildman–Crippen MR) is 150 cm³/mol. The van der Waals surface area contributed by atoms with Gasteiger partial charge in [0.15, 0.2) is 0 Å². The summed E-state index contributed by atoms with van der Waals surface area (Å²) in [6.45, 7) is 6.48. The highest BCUT2D eigenvalue weighted by Gasteiger charge is 2.47. The maximum Gasteiger partial charge on any atom is 0.300 e. The Balaban J connectivity index is 1.81. The molecule has 38 heavy (non-hydrogen) atoms. The normalized spacial score (nSPS) is 16.7. The number of carbonyl (C=O) groups is 2. The zero-order valence-corrected chi connectivity index (χ0v) is 22.5. The Morgan fingerprint density at radius 3 is 2.08 bits per heavy atom. The van der Waals surface area contributed by atoms with Crippen LogP contribution >= 0.6 is 0 Å². The molecular weight excluding hydrogens is 480 g/mol. The molecular formula is C31H34N2O5. The maximum absolute atomic E-state index is 13.4. The number of benzene rings is 3.